The maximum Gasteiger partial charge on any atom is 0.230 e. The van der Waals surface area contributed by atoms with Gasteiger partial charge in [-0.25, -0.2) is 4.39 Å². The summed E-state index contributed by atoms with van der Waals surface area (Å²) in [5.74, 6) is 0.0818. The summed E-state index contributed by atoms with van der Waals surface area (Å²) in [7, 11) is 0. The topological polar surface area (TPSA) is 93.2 Å². The molecule has 0 saturated heterocycles. The lowest BCUT2D eigenvalue weighted by Gasteiger charge is -2.11. The van der Waals surface area contributed by atoms with E-state index in [0.29, 0.717) is 22.3 Å². The van der Waals surface area contributed by atoms with E-state index < -0.39 is 11.9 Å². The number of rotatable bonds is 8. The molecule has 1 amide bonds. The summed E-state index contributed by atoms with van der Waals surface area (Å²) in [6.45, 7) is 0.0265. The van der Waals surface area contributed by atoms with Gasteiger partial charge in [0.2, 0.25) is 5.91 Å². The SMILES string of the molecule is O=C(CSc1nnc(-c2ccccc2F)n1-c1ccccc1)NCC(O)c1ccco1. The lowest BCUT2D eigenvalue weighted by Crippen LogP contribution is -2.29. The van der Waals surface area contributed by atoms with Gasteiger partial charge in [0.15, 0.2) is 11.0 Å². The zero-order chi connectivity index (χ0) is 21.6. The predicted octanol–water partition coefficient (Wildman–Crippen LogP) is 3.61. The minimum atomic E-state index is -0.926. The van der Waals surface area contributed by atoms with E-state index in [-0.39, 0.29) is 18.2 Å². The summed E-state index contributed by atoms with van der Waals surface area (Å²) in [6, 6.07) is 19.0. The Morgan fingerprint density at radius 1 is 1.10 bits per heavy atom. The van der Waals surface area contributed by atoms with E-state index in [1.807, 2.05) is 30.3 Å². The standard InChI is InChI=1S/C22H19FN4O3S/c23-17-10-5-4-9-16(17)21-25-26-22(27(21)15-7-2-1-3-8-15)31-14-20(29)24-13-18(28)19-11-6-12-30-19/h1-12,18,28H,13-14H2,(H,24,29). The third-order valence-electron chi connectivity index (χ3n) is 4.46. The number of aromatic nitrogens is 3. The zero-order valence-corrected chi connectivity index (χ0v) is 17.1. The van der Waals surface area contributed by atoms with Crippen LogP contribution >= 0.6 is 11.8 Å². The van der Waals surface area contributed by atoms with Crippen molar-refractivity contribution in [2.75, 3.05) is 12.3 Å². The van der Waals surface area contributed by atoms with Crippen LogP contribution in [0, 0.1) is 5.82 Å². The lowest BCUT2D eigenvalue weighted by atomic mass is 10.2. The van der Waals surface area contributed by atoms with Crippen molar-refractivity contribution in [2.45, 2.75) is 11.3 Å². The third-order valence-corrected chi connectivity index (χ3v) is 5.39. The largest absolute Gasteiger partial charge is 0.467 e. The summed E-state index contributed by atoms with van der Waals surface area (Å²) < 4.78 is 21.2. The van der Waals surface area contributed by atoms with Crippen molar-refractivity contribution in [1.82, 2.24) is 20.1 Å². The molecular formula is C22H19FN4O3S. The Hall–Kier alpha value is -3.43. The molecular weight excluding hydrogens is 419 g/mol. The van der Waals surface area contributed by atoms with Gasteiger partial charge in [0, 0.05) is 5.69 Å². The van der Waals surface area contributed by atoms with Gasteiger partial charge in [-0.1, -0.05) is 42.1 Å². The quantitative estimate of drug-likeness (QED) is 0.408. The number of carbonyl (C=O) groups is 1. The molecule has 2 heterocycles. The van der Waals surface area contributed by atoms with Crippen LogP contribution in [0.25, 0.3) is 17.1 Å². The second-order valence-corrected chi connectivity index (χ2v) is 7.52. The van der Waals surface area contributed by atoms with Gasteiger partial charge in [-0.15, -0.1) is 10.2 Å². The minimum absolute atomic E-state index is 0.0265. The van der Waals surface area contributed by atoms with Gasteiger partial charge in [-0.05, 0) is 36.4 Å². The van der Waals surface area contributed by atoms with Gasteiger partial charge in [0.05, 0.1) is 24.1 Å². The number of nitrogens with zero attached hydrogens (tertiary/aromatic N) is 3. The molecule has 31 heavy (non-hydrogen) atoms. The second-order valence-electron chi connectivity index (χ2n) is 6.58. The van der Waals surface area contributed by atoms with Gasteiger partial charge in [-0.3, -0.25) is 9.36 Å². The van der Waals surface area contributed by atoms with E-state index in [1.54, 1.807) is 34.9 Å². The van der Waals surface area contributed by atoms with E-state index in [0.717, 1.165) is 5.69 Å². The summed E-state index contributed by atoms with van der Waals surface area (Å²) >= 11 is 1.17. The number of hydrogen-bond donors (Lipinski definition) is 2. The van der Waals surface area contributed by atoms with Gasteiger partial charge in [0.25, 0.3) is 0 Å². The van der Waals surface area contributed by atoms with E-state index in [2.05, 4.69) is 15.5 Å². The Balaban J connectivity index is 1.51. The second kappa shape index (κ2) is 9.59. The molecule has 1 unspecified atom stereocenters. The molecule has 0 aliphatic rings. The molecule has 0 saturated carbocycles. The number of halogens is 1. The molecule has 4 aromatic rings. The molecule has 0 aliphatic carbocycles. The highest BCUT2D eigenvalue weighted by atomic mass is 32.2. The molecule has 0 aliphatic heterocycles. The van der Waals surface area contributed by atoms with Gasteiger partial charge >= 0.3 is 0 Å². The van der Waals surface area contributed by atoms with Crippen LogP contribution in [0.15, 0.2) is 82.6 Å². The van der Waals surface area contributed by atoms with Crippen molar-refractivity contribution in [1.29, 1.82) is 0 Å². The van der Waals surface area contributed by atoms with Crippen molar-refractivity contribution >= 4 is 17.7 Å². The Kier molecular flexibility index (Phi) is 6.44. The lowest BCUT2D eigenvalue weighted by molar-refractivity contribution is -0.119. The molecule has 2 aromatic carbocycles. The fourth-order valence-corrected chi connectivity index (χ4v) is 3.75. The van der Waals surface area contributed by atoms with Crippen LogP contribution in [0.1, 0.15) is 11.9 Å². The summed E-state index contributed by atoms with van der Waals surface area (Å²) in [5.41, 5.74) is 1.07. The normalized spacial score (nSPS) is 11.9. The minimum Gasteiger partial charge on any atom is -0.467 e. The Labute approximate surface area is 181 Å². The van der Waals surface area contributed by atoms with Gasteiger partial charge < -0.3 is 14.8 Å². The van der Waals surface area contributed by atoms with Crippen LogP contribution in [-0.2, 0) is 4.79 Å². The molecule has 0 spiro atoms. The average Bonchev–Trinajstić information content (AvgIpc) is 3.47. The molecule has 1 atom stereocenters. The predicted molar refractivity (Wildman–Crippen MR) is 114 cm³/mol. The van der Waals surface area contributed by atoms with Crippen LogP contribution in [0.4, 0.5) is 4.39 Å². The zero-order valence-electron chi connectivity index (χ0n) is 16.3. The highest BCUT2D eigenvalue weighted by Gasteiger charge is 2.19. The summed E-state index contributed by atoms with van der Waals surface area (Å²) in [6.07, 6.45) is 0.532. The molecule has 0 bridgehead atoms. The molecule has 0 fully saturated rings. The molecule has 9 heteroatoms. The number of amides is 1. The van der Waals surface area contributed by atoms with E-state index in [1.165, 1.54) is 24.1 Å². The van der Waals surface area contributed by atoms with Crippen molar-refractivity contribution in [3.8, 4) is 17.1 Å². The third kappa shape index (κ3) is 4.84. The maximum absolute atomic E-state index is 14.4. The highest BCUT2D eigenvalue weighted by Crippen LogP contribution is 2.29. The molecule has 7 nitrogen and oxygen atoms in total. The number of aliphatic hydroxyl groups is 1. The first kappa shape index (κ1) is 20.8. The monoisotopic (exact) mass is 438 g/mol. The van der Waals surface area contributed by atoms with Crippen molar-refractivity contribution < 1.29 is 18.7 Å². The number of benzene rings is 2. The molecule has 4 rings (SSSR count). The average molecular weight is 438 g/mol. The fourth-order valence-electron chi connectivity index (χ4n) is 2.96. The van der Waals surface area contributed by atoms with Gasteiger partial charge in [-0.2, -0.15) is 0 Å². The van der Waals surface area contributed by atoms with Crippen molar-refractivity contribution in [2.24, 2.45) is 0 Å². The highest BCUT2D eigenvalue weighted by molar-refractivity contribution is 7.99. The van der Waals surface area contributed by atoms with E-state index in [4.69, 9.17) is 4.42 Å². The first-order chi connectivity index (χ1) is 15.1. The Morgan fingerprint density at radius 3 is 2.61 bits per heavy atom. The number of para-hydroxylation sites is 1. The number of thioether (sulfide) groups is 1. The van der Waals surface area contributed by atoms with Crippen LogP contribution in [0.3, 0.4) is 0 Å². The number of hydrogen-bond acceptors (Lipinski definition) is 6. The number of furan rings is 1. The first-order valence-corrected chi connectivity index (χ1v) is 10.5. The first-order valence-electron chi connectivity index (χ1n) is 9.50. The molecule has 158 valence electrons. The fraction of sp³-hybridized carbons (Fsp3) is 0.136. The van der Waals surface area contributed by atoms with Crippen LogP contribution in [-0.4, -0.2) is 38.1 Å². The van der Waals surface area contributed by atoms with Crippen molar-refractivity contribution in [3.63, 3.8) is 0 Å². The maximum atomic E-state index is 14.4. The molecule has 2 N–H and O–H groups in total. The number of aliphatic hydroxyl groups excluding tert-OH is 1. The molecule has 0 radical (unpaired) electrons. The summed E-state index contributed by atoms with van der Waals surface area (Å²) in [5, 5.41) is 21.5. The summed E-state index contributed by atoms with van der Waals surface area (Å²) in [4.78, 5) is 12.3. The Morgan fingerprint density at radius 2 is 1.87 bits per heavy atom. The van der Waals surface area contributed by atoms with Crippen LogP contribution < -0.4 is 5.32 Å². The molecule has 2 aromatic heterocycles. The van der Waals surface area contributed by atoms with E-state index in [9.17, 15) is 14.3 Å². The van der Waals surface area contributed by atoms with E-state index >= 15 is 0 Å². The Bertz CT molecular complexity index is 1150. The van der Waals surface area contributed by atoms with Gasteiger partial charge in [0.1, 0.15) is 17.7 Å². The smallest absolute Gasteiger partial charge is 0.230 e. The van der Waals surface area contributed by atoms with Crippen molar-refractivity contribution in [3.05, 3.63) is 84.6 Å². The number of nitrogens with one attached hydrogen (secondary N) is 1. The van der Waals surface area contributed by atoms with Crippen LogP contribution in [0.2, 0.25) is 0 Å². The van der Waals surface area contributed by atoms with Crippen LogP contribution in [0.5, 0.6) is 0 Å². The number of carbonyl (C=O) groups excluding carboxylic acids is 1.